The molecule has 0 saturated heterocycles. The van der Waals surface area contributed by atoms with Crippen LogP contribution < -0.4 is 5.32 Å². The van der Waals surface area contributed by atoms with Gasteiger partial charge < -0.3 is 5.32 Å². The van der Waals surface area contributed by atoms with E-state index in [1.807, 2.05) is 16.8 Å². The molecule has 0 aliphatic carbocycles. The molecular formula is C12H12Cl2N2S. The highest BCUT2D eigenvalue weighted by molar-refractivity contribution is 7.08. The first-order valence-corrected chi connectivity index (χ1v) is 7.04. The quantitative estimate of drug-likeness (QED) is 0.861. The van der Waals surface area contributed by atoms with Crippen LogP contribution in [0.15, 0.2) is 22.9 Å². The zero-order valence-corrected chi connectivity index (χ0v) is 11.7. The van der Waals surface area contributed by atoms with Gasteiger partial charge in [-0.15, -0.1) is 0 Å². The molecule has 0 atom stereocenters. The van der Waals surface area contributed by atoms with Crippen molar-refractivity contribution in [3.05, 3.63) is 32.9 Å². The first-order valence-electron chi connectivity index (χ1n) is 5.35. The summed E-state index contributed by atoms with van der Waals surface area (Å²) in [6.07, 6.45) is 1.02. The SMILES string of the molecule is CCCNc1nc(-c2ccsc2)c(Cl)cc1Cl. The molecule has 1 N–H and O–H groups in total. The summed E-state index contributed by atoms with van der Waals surface area (Å²) in [5, 5.41) is 8.35. The number of pyridine rings is 1. The fourth-order valence-electron chi connectivity index (χ4n) is 1.44. The predicted octanol–water partition coefficient (Wildman–Crippen LogP) is 4.94. The average molecular weight is 287 g/mol. The molecule has 2 nitrogen and oxygen atoms in total. The van der Waals surface area contributed by atoms with Crippen molar-refractivity contribution in [2.45, 2.75) is 13.3 Å². The highest BCUT2D eigenvalue weighted by Crippen LogP contribution is 2.33. The molecular weight excluding hydrogens is 275 g/mol. The third-order valence-corrected chi connectivity index (χ3v) is 3.53. The molecule has 0 aliphatic heterocycles. The number of halogens is 2. The van der Waals surface area contributed by atoms with Gasteiger partial charge in [0, 0.05) is 17.5 Å². The van der Waals surface area contributed by atoms with Gasteiger partial charge in [-0.3, -0.25) is 0 Å². The van der Waals surface area contributed by atoms with E-state index in [0.29, 0.717) is 15.9 Å². The number of thiophene rings is 1. The van der Waals surface area contributed by atoms with Gasteiger partial charge in [-0.05, 0) is 23.9 Å². The number of anilines is 1. The highest BCUT2D eigenvalue weighted by atomic mass is 35.5. The Morgan fingerprint density at radius 1 is 1.35 bits per heavy atom. The molecule has 5 heteroatoms. The monoisotopic (exact) mass is 286 g/mol. The second-order valence-electron chi connectivity index (χ2n) is 3.59. The van der Waals surface area contributed by atoms with Gasteiger partial charge in [0.15, 0.2) is 0 Å². The Bertz CT molecular complexity index is 497. The maximum Gasteiger partial charge on any atom is 0.145 e. The summed E-state index contributed by atoms with van der Waals surface area (Å²) < 4.78 is 0. The molecule has 2 heterocycles. The van der Waals surface area contributed by atoms with Crippen molar-refractivity contribution in [2.24, 2.45) is 0 Å². The Labute approximate surface area is 115 Å². The van der Waals surface area contributed by atoms with E-state index in [-0.39, 0.29) is 0 Å². The van der Waals surface area contributed by atoms with Gasteiger partial charge in [0.1, 0.15) is 5.82 Å². The van der Waals surface area contributed by atoms with Crippen LogP contribution in [-0.2, 0) is 0 Å². The third kappa shape index (κ3) is 2.92. The Kier molecular flexibility index (Phi) is 4.26. The van der Waals surface area contributed by atoms with E-state index in [0.717, 1.165) is 24.2 Å². The van der Waals surface area contributed by atoms with E-state index in [4.69, 9.17) is 23.2 Å². The highest BCUT2D eigenvalue weighted by Gasteiger charge is 2.11. The molecule has 0 radical (unpaired) electrons. The lowest BCUT2D eigenvalue weighted by Gasteiger charge is -2.09. The maximum atomic E-state index is 6.16. The van der Waals surface area contributed by atoms with Crippen molar-refractivity contribution in [2.75, 3.05) is 11.9 Å². The number of aromatic nitrogens is 1. The van der Waals surface area contributed by atoms with E-state index < -0.39 is 0 Å². The van der Waals surface area contributed by atoms with Crippen molar-refractivity contribution in [3.8, 4) is 11.3 Å². The summed E-state index contributed by atoms with van der Waals surface area (Å²) in [6, 6.07) is 3.73. The first-order chi connectivity index (χ1) is 8.22. The molecule has 17 heavy (non-hydrogen) atoms. The van der Waals surface area contributed by atoms with Crippen molar-refractivity contribution < 1.29 is 0 Å². The van der Waals surface area contributed by atoms with Gasteiger partial charge in [-0.2, -0.15) is 11.3 Å². The van der Waals surface area contributed by atoms with Crippen molar-refractivity contribution >= 4 is 40.4 Å². The third-order valence-electron chi connectivity index (χ3n) is 2.27. The Morgan fingerprint density at radius 2 is 2.18 bits per heavy atom. The molecule has 0 aromatic carbocycles. The zero-order valence-electron chi connectivity index (χ0n) is 9.34. The number of nitrogens with one attached hydrogen (secondary N) is 1. The number of hydrogen-bond donors (Lipinski definition) is 1. The van der Waals surface area contributed by atoms with Gasteiger partial charge in [0.2, 0.25) is 0 Å². The average Bonchev–Trinajstić information content (AvgIpc) is 2.81. The normalized spacial score (nSPS) is 10.5. The Morgan fingerprint density at radius 3 is 2.82 bits per heavy atom. The van der Waals surface area contributed by atoms with Crippen LogP contribution in [0.5, 0.6) is 0 Å². The first kappa shape index (κ1) is 12.7. The summed E-state index contributed by atoms with van der Waals surface area (Å²) in [6.45, 7) is 2.94. The fraction of sp³-hybridized carbons (Fsp3) is 0.250. The number of hydrogen-bond acceptors (Lipinski definition) is 3. The minimum Gasteiger partial charge on any atom is -0.369 e. The Hall–Kier alpha value is -0.770. The minimum atomic E-state index is 0.558. The van der Waals surface area contributed by atoms with E-state index >= 15 is 0 Å². The summed E-state index contributed by atoms with van der Waals surface area (Å²) >= 11 is 13.9. The largest absolute Gasteiger partial charge is 0.369 e. The van der Waals surface area contributed by atoms with Crippen LogP contribution in [0.4, 0.5) is 5.82 Å². The summed E-state index contributed by atoms with van der Waals surface area (Å²) in [7, 11) is 0. The summed E-state index contributed by atoms with van der Waals surface area (Å²) in [5.41, 5.74) is 1.80. The van der Waals surface area contributed by atoms with Crippen molar-refractivity contribution in [3.63, 3.8) is 0 Å². The molecule has 0 spiro atoms. The second-order valence-corrected chi connectivity index (χ2v) is 5.18. The lowest BCUT2D eigenvalue weighted by atomic mass is 10.2. The molecule has 0 aliphatic rings. The minimum absolute atomic E-state index is 0.558. The molecule has 2 aromatic heterocycles. The van der Waals surface area contributed by atoms with Gasteiger partial charge >= 0.3 is 0 Å². The van der Waals surface area contributed by atoms with Crippen LogP contribution in [0.25, 0.3) is 11.3 Å². The molecule has 2 rings (SSSR count). The lowest BCUT2D eigenvalue weighted by Crippen LogP contribution is -2.03. The smallest absolute Gasteiger partial charge is 0.145 e. The second kappa shape index (κ2) is 5.71. The molecule has 0 bridgehead atoms. The van der Waals surface area contributed by atoms with Gasteiger partial charge in [0.25, 0.3) is 0 Å². The summed E-state index contributed by atoms with van der Waals surface area (Å²) in [5.74, 6) is 0.694. The number of rotatable bonds is 4. The van der Waals surface area contributed by atoms with Crippen LogP contribution in [-0.4, -0.2) is 11.5 Å². The lowest BCUT2D eigenvalue weighted by molar-refractivity contribution is 0.970. The zero-order chi connectivity index (χ0) is 12.3. The van der Waals surface area contributed by atoms with Crippen LogP contribution in [0.2, 0.25) is 10.0 Å². The van der Waals surface area contributed by atoms with Gasteiger partial charge in [0.05, 0.1) is 15.7 Å². The van der Waals surface area contributed by atoms with Crippen LogP contribution in [0, 0.1) is 0 Å². The number of nitrogens with zero attached hydrogens (tertiary/aromatic N) is 1. The summed E-state index contributed by atoms with van der Waals surface area (Å²) in [4.78, 5) is 4.48. The predicted molar refractivity (Wildman–Crippen MR) is 76.4 cm³/mol. The topological polar surface area (TPSA) is 24.9 Å². The van der Waals surface area contributed by atoms with Crippen LogP contribution in [0.3, 0.4) is 0 Å². The van der Waals surface area contributed by atoms with Crippen LogP contribution >= 0.6 is 34.5 Å². The standard InChI is InChI=1S/C12H12Cl2N2S/c1-2-4-15-12-10(14)6-9(13)11(16-12)8-3-5-17-7-8/h3,5-7H,2,4H2,1H3,(H,15,16). The van der Waals surface area contributed by atoms with Crippen LogP contribution in [0.1, 0.15) is 13.3 Å². The molecule has 0 saturated carbocycles. The van der Waals surface area contributed by atoms with E-state index in [2.05, 4.69) is 17.2 Å². The molecule has 2 aromatic rings. The molecule has 90 valence electrons. The van der Waals surface area contributed by atoms with Gasteiger partial charge in [-0.25, -0.2) is 4.98 Å². The molecule has 0 unspecified atom stereocenters. The van der Waals surface area contributed by atoms with Crippen molar-refractivity contribution in [1.82, 2.24) is 4.98 Å². The Balaban J connectivity index is 2.39. The van der Waals surface area contributed by atoms with E-state index in [1.165, 1.54) is 0 Å². The van der Waals surface area contributed by atoms with E-state index in [1.54, 1.807) is 17.4 Å². The molecule has 0 amide bonds. The van der Waals surface area contributed by atoms with Gasteiger partial charge in [-0.1, -0.05) is 30.1 Å². The van der Waals surface area contributed by atoms with Crippen molar-refractivity contribution in [1.29, 1.82) is 0 Å². The fourth-order valence-corrected chi connectivity index (χ4v) is 2.61. The maximum absolute atomic E-state index is 6.16. The van der Waals surface area contributed by atoms with E-state index in [9.17, 15) is 0 Å². The molecule has 0 fully saturated rings.